The lowest BCUT2D eigenvalue weighted by atomic mass is 9.87. The molecule has 0 saturated carbocycles. The number of nitrogens with one attached hydrogen (secondary N) is 1. The van der Waals surface area contributed by atoms with Crippen LogP contribution in [-0.4, -0.2) is 48.6 Å². The third-order valence-corrected chi connectivity index (χ3v) is 7.75. The van der Waals surface area contributed by atoms with E-state index in [0.29, 0.717) is 26.1 Å². The van der Waals surface area contributed by atoms with Crippen molar-refractivity contribution in [2.24, 2.45) is 0 Å². The molecule has 0 radical (unpaired) electrons. The van der Waals surface area contributed by atoms with Crippen molar-refractivity contribution >= 4 is 22.5 Å². The minimum absolute atomic E-state index is 0.116. The number of carbonyl (C=O) groups excluding carboxylic acids is 1. The normalized spacial score (nSPS) is 14.2. The van der Waals surface area contributed by atoms with Crippen molar-refractivity contribution in [2.45, 2.75) is 19.3 Å². The van der Waals surface area contributed by atoms with E-state index in [1.165, 1.54) is 0 Å². The van der Waals surface area contributed by atoms with Crippen LogP contribution in [0, 0.1) is 0 Å². The summed E-state index contributed by atoms with van der Waals surface area (Å²) in [6.07, 6.45) is 2.43. The first-order chi connectivity index (χ1) is 20.2. The number of aromatic nitrogens is 1. The molecule has 1 aliphatic rings. The molecule has 1 amide bonds. The maximum Gasteiger partial charge on any atom is 0.223 e. The van der Waals surface area contributed by atoms with Crippen molar-refractivity contribution in [1.82, 2.24) is 9.88 Å². The second-order valence-electron chi connectivity index (χ2n) is 10.3. The SMILES string of the molecule is CCOc1ccccc1N1CCN(C(=O)CC(c2cccc(Oc3ccccc3)c2)c2c[nH]c3ccccc23)CC1. The highest BCUT2D eigenvalue weighted by atomic mass is 16.5. The zero-order valence-electron chi connectivity index (χ0n) is 23.3. The molecule has 1 fully saturated rings. The van der Waals surface area contributed by atoms with Crippen LogP contribution in [0.3, 0.4) is 0 Å². The molecule has 6 rings (SSSR count). The van der Waals surface area contributed by atoms with Gasteiger partial charge in [-0.15, -0.1) is 0 Å². The van der Waals surface area contributed by atoms with Crippen LogP contribution in [0.5, 0.6) is 17.2 Å². The van der Waals surface area contributed by atoms with Crippen LogP contribution >= 0.6 is 0 Å². The van der Waals surface area contributed by atoms with Crippen LogP contribution in [0.4, 0.5) is 5.69 Å². The molecular formula is C35H35N3O3. The van der Waals surface area contributed by atoms with Crippen molar-refractivity contribution < 1.29 is 14.3 Å². The number of hydrogen-bond donors (Lipinski definition) is 1. The van der Waals surface area contributed by atoms with Crippen molar-refractivity contribution in [2.75, 3.05) is 37.7 Å². The van der Waals surface area contributed by atoms with Gasteiger partial charge in [0.1, 0.15) is 17.2 Å². The predicted octanol–water partition coefficient (Wildman–Crippen LogP) is 7.23. The lowest BCUT2D eigenvalue weighted by Gasteiger charge is -2.37. The van der Waals surface area contributed by atoms with Gasteiger partial charge in [0.2, 0.25) is 5.91 Å². The Balaban J connectivity index is 1.23. The number of aromatic amines is 1. The Hall–Kier alpha value is -4.71. The molecule has 5 aromatic rings. The molecule has 1 aromatic heterocycles. The van der Waals surface area contributed by atoms with E-state index in [2.05, 4.69) is 46.4 Å². The Labute approximate surface area is 241 Å². The summed E-state index contributed by atoms with van der Waals surface area (Å²) < 4.78 is 12.0. The number of ether oxygens (including phenoxy) is 2. The number of anilines is 1. The Kier molecular flexibility index (Phi) is 7.90. The van der Waals surface area contributed by atoms with Gasteiger partial charge in [0.15, 0.2) is 0 Å². The van der Waals surface area contributed by atoms with Gasteiger partial charge in [-0.1, -0.05) is 60.7 Å². The number of rotatable bonds is 9. The summed E-state index contributed by atoms with van der Waals surface area (Å²) in [5, 5.41) is 1.14. The lowest BCUT2D eigenvalue weighted by molar-refractivity contribution is -0.131. The minimum atomic E-state index is -0.116. The zero-order chi connectivity index (χ0) is 28.0. The zero-order valence-corrected chi connectivity index (χ0v) is 23.3. The van der Waals surface area contributed by atoms with E-state index in [1.54, 1.807) is 0 Å². The van der Waals surface area contributed by atoms with Gasteiger partial charge in [-0.2, -0.15) is 0 Å². The second-order valence-corrected chi connectivity index (χ2v) is 10.3. The first-order valence-corrected chi connectivity index (χ1v) is 14.3. The van der Waals surface area contributed by atoms with E-state index in [0.717, 1.165) is 58.1 Å². The van der Waals surface area contributed by atoms with Crippen LogP contribution < -0.4 is 14.4 Å². The van der Waals surface area contributed by atoms with Crippen molar-refractivity contribution in [3.8, 4) is 17.2 Å². The number of carbonyl (C=O) groups is 1. The maximum absolute atomic E-state index is 13.8. The highest BCUT2D eigenvalue weighted by Gasteiger charge is 2.28. The van der Waals surface area contributed by atoms with Gasteiger partial charge in [0.25, 0.3) is 0 Å². The Morgan fingerprint density at radius 3 is 2.39 bits per heavy atom. The van der Waals surface area contributed by atoms with Crippen molar-refractivity contribution in [3.05, 3.63) is 120 Å². The van der Waals surface area contributed by atoms with Crippen LogP contribution in [0.15, 0.2) is 109 Å². The molecular weight excluding hydrogens is 510 g/mol. The molecule has 4 aromatic carbocycles. The van der Waals surface area contributed by atoms with Gasteiger partial charge in [-0.05, 0) is 60.5 Å². The van der Waals surface area contributed by atoms with E-state index in [9.17, 15) is 4.79 Å². The number of hydrogen-bond acceptors (Lipinski definition) is 4. The van der Waals surface area contributed by atoms with E-state index in [1.807, 2.05) is 84.6 Å². The number of benzene rings is 4. The molecule has 1 N–H and O–H groups in total. The first-order valence-electron chi connectivity index (χ1n) is 14.3. The van der Waals surface area contributed by atoms with Gasteiger partial charge < -0.3 is 24.3 Å². The molecule has 1 aliphatic heterocycles. The molecule has 0 bridgehead atoms. The average Bonchev–Trinajstić information content (AvgIpc) is 3.45. The summed E-state index contributed by atoms with van der Waals surface area (Å²) in [6.45, 7) is 5.53. The van der Waals surface area contributed by atoms with Crippen molar-refractivity contribution in [1.29, 1.82) is 0 Å². The van der Waals surface area contributed by atoms with Crippen molar-refractivity contribution in [3.63, 3.8) is 0 Å². The lowest BCUT2D eigenvalue weighted by Crippen LogP contribution is -2.49. The average molecular weight is 546 g/mol. The van der Waals surface area contributed by atoms with Gasteiger partial charge in [0.05, 0.1) is 12.3 Å². The number of H-pyrrole nitrogens is 1. The van der Waals surface area contributed by atoms with E-state index in [4.69, 9.17) is 9.47 Å². The van der Waals surface area contributed by atoms with Crippen LogP contribution in [0.25, 0.3) is 10.9 Å². The summed E-state index contributed by atoms with van der Waals surface area (Å²) >= 11 is 0. The Morgan fingerprint density at radius 2 is 1.56 bits per heavy atom. The minimum Gasteiger partial charge on any atom is -0.492 e. The summed E-state index contributed by atoms with van der Waals surface area (Å²) in [5.74, 6) is 2.48. The molecule has 1 atom stereocenters. The summed E-state index contributed by atoms with van der Waals surface area (Å²) in [4.78, 5) is 21.6. The molecule has 6 nitrogen and oxygen atoms in total. The monoisotopic (exact) mass is 545 g/mol. The van der Waals surface area contributed by atoms with Gasteiger partial charge in [-0.25, -0.2) is 0 Å². The fourth-order valence-corrected chi connectivity index (χ4v) is 5.71. The quantitative estimate of drug-likeness (QED) is 0.212. The topological polar surface area (TPSA) is 57.8 Å². The highest BCUT2D eigenvalue weighted by Crippen LogP contribution is 2.36. The van der Waals surface area contributed by atoms with Gasteiger partial charge in [0, 0.05) is 55.6 Å². The third kappa shape index (κ3) is 5.92. The van der Waals surface area contributed by atoms with E-state index >= 15 is 0 Å². The third-order valence-electron chi connectivity index (χ3n) is 7.75. The Morgan fingerprint density at radius 1 is 0.829 bits per heavy atom. The summed E-state index contributed by atoms with van der Waals surface area (Å²) in [6, 6.07) is 34.3. The summed E-state index contributed by atoms with van der Waals surface area (Å²) in [7, 11) is 0. The number of para-hydroxylation sites is 4. The largest absolute Gasteiger partial charge is 0.492 e. The standard InChI is InChI=1S/C35H35N3O3/c1-2-40-34-18-9-8-17-33(34)37-19-21-38(22-20-37)35(39)24-30(31-25-36-32-16-7-6-15-29(31)32)26-11-10-14-28(23-26)41-27-12-4-3-5-13-27/h3-18,23,25,30,36H,2,19-22,24H2,1H3. The van der Waals surface area contributed by atoms with E-state index in [-0.39, 0.29) is 11.8 Å². The maximum atomic E-state index is 13.8. The molecule has 6 heteroatoms. The van der Waals surface area contributed by atoms with Crippen LogP contribution in [0.2, 0.25) is 0 Å². The predicted molar refractivity (Wildman–Crippen MR) is 164 cm³/mol. The molecule has 208 valence electrons. The highest BCUT2D eigenvalue weighted by molar-refractivity contribution is 5.86. The fourth-order valence-electron chi connectivity index (χ4n) is 5.71. The summed E-state index contributed by atoms with van der Waals surface area (Å²) in [5.41, 5.74) is 4.34. The molecule has 0 aliphatic carbocycles. The Bertz CT molecular complexity index is 1610. The molecule has 41 heavy (non-hydrogen) atoms. The number of nitrogens with zero attached hydrogens (tertiary/aromatic N) is 2. The second kappa shape index (κ2) is 12.2. The van der Waals surface area contributed by atoms with E-state index < -0.39 is 0 Å². The van der Waals surface area contributed by atoms with Gasteiger partial charge >= 0.3 is 0 Å². The number of fused-ring (bicyclic) bond motifs is 1. The molecule has 0 spiro atoms. The van der Waals surface area contributed by atoms with Crippen LogP contribution in [-0.2, 0) is 4.79 Å². The van der Waals surface area contributed by atoms with Crippen LogP contribution in [0.1, 0.15) is 30.4 Å². The molecule has 1 unspecified atom stereocenters. The fraction of sp³-hybridized carbons (Fsp3) is 0.229. The number of piperazine rings is 1. The van der Waals surface area contributed by atoms with Gasteiger partial charge in [-0.3, -0.25) is 4.79 Å². The smallest absolute Gasteiger partial charge is 0.223 e. The number of amides is 1. The first kappa shape index (κ1) is 26.5. The molecule has 2 heterocycles. The molecule has 1 saturated heterocycles.